The highest BCUT2D eigenvalue weighted by molar-refractivity contribution is 5.66. The molecule has 124 valence electrons. The molecule has 25 heavy (non-hydrogen) atoms. The van der Waals surface area contributed by atoms with Crippen LogP contribution in [0.4, 0.5) is 23.1 Å². The van der Waals surface area contributed by atoms with Gasteiger partial charge in [0.2, 0.25) is 5.95 Å². The first kappa shape index (κ1) is 16.5. The summed E-state index contributed by atoms with van der Waals surface area (Å²) in [6, 6.07) is 17.4. The van der Waals surface area contributed by atoms with E-state index in [1.54, 1.807) is 12.1 Å². The maximum absolute atomic E-state index is 8.87. The van der Waals surface area contributed by atoms with Crippen molar-refractivity contribution in [1.29, 1.82) is 5.26 Å². The third-order valence-electron chi connectivity index (χ3n) is 3.86. The minimum absolute atomic E-state index is 0.512. The molecule has 0 saturated carbocycles. The summed E-state index contributed by atoms with van der Waals surface area (Å²) in [5, 5.41) is 15.4. The quantitative estimate of drug-likeness (QED) is 0.722. The van der Waals surface area contributed by atoms with Crippen LogP contribution in [0, 0.1) is 32.1 Å². The highest BCUT2D eigenvalue weighted by Crippen LogP contribution is 2.24. The number of benzene rings is 2. The molecule has 0 unspecified atom stereocenters. The molecular formula is C20H19N5. The average Bonchev–Trinajstić information content (AvgIpc) is 2.58. The Bertz CT molecular complexity index is 919. The fourth-order valence-electron chi connectivity index (χ4n) is 2.59. The van der Waals surface area contributed by atoms with Crippen LogP contribution in [0.5, 0.6) is 0 Å². The minimum atomic E-state index is 0.512. The molecule has 0 aliphatic heterocycles. The predicted octanol–water partition coefficient (Wildman–Crippen LogP) is 4.76. The topological polar surface area (TPSA) is 73.6 Å². The van der Waals surface area contributed by atoms with Crippen LogP contribution in [-0.4, -0.2) is 9.97 Å². The second kappa shape index (κ2) is 7.02. The van der Waals surface area contributed by atoms with E-state index in [0.717, 1.165) is 34.0 Å². The molecule has 0 atom stereocenters. The number of aromatic nitrogens is 2. The van der Waals surface area contributed by atoms with E-state index in [0.29, 0.717) is 11.5 Å². The second-order valence-electron chi connectivity index (χ2n) is 5.92. The molecule has 0 radical (unpaired) electrons. The lowest BCUT2D eigenvalue weighted by Gasteiger charge is -2.13. The Labute approximate surface area is 147 Å². The summed E-state index contributed by atoms with van der Waals surface area (Å²) < 4.78 is 0. The van der Waals surface area contributed by atoms with Crippen molar-refractivity contribution in [3.63, 3.8) is 0 Å². The van der Waals surface area contributed by atoms with Crippen molar-refractivity contribution in [2.24, 2.45) is 0 Å². The number of nitrogens with one attached hydrogen (secondary N) is 2. The maximum atomic E-state index is 8.87. The van der Waals surface area contributed by atoms with E-state index >= 15 is 0 Å². The number of hydrogen-bond donors (Lipinski definition) is 2. The molecule has 0 bridgehead atoms. The highest BCUT2D eigenvalue weighted by Gasteiger charge is 2.07. The van der Waals surface area contributed by atoms with Crippen molar-refractivity contribution in [2.75, 3.05) is 10.6 Å². The van der Waals surface area contributed by atoms with Crippen LogP contribution in [-0.2, 0) is 0 Å². The molecular weight excluding hydrogens is 310 g/mol. The van der Waals surface area contributed by atoms with Crippen molar-refractivity contribution in [2.45, 2.75) is 20.8 Å². The van der Waals surface area contributed by atoms with Crippen LogP contribution in [0.1, 0.15) is 22.4 Å². The summed E-state index contributed by atoms with van der Waals surface area (Å²) in [5.41, 5.74) is 5.70. The van der Waals surface area contributed by atoms with Gasteiger partial charge in [-0.1, -0.05) is 18.2 Å². The lowest BCUT2D eigenvalue weighted by molar-refractivity contribution is 1.10. The van der Waals surface area contributed by atoms with Crippen LogP contribution in [0.15, 0.2) is 48.5 Å². The third kappa shape index (κ3) is 3.93. The van der Waals surface area contributed by atoms with Gasteiger partial charge in [0.1, 0.15) is 5.82 Å². The van der Waals surface area contributed by atoms with Gasteiger partial charge in [-0.2, -0.15) is 10.2 Å². The van der Waals surface area contributed by atoms with Crippen molar-refractivity contribution < 1.29 is 0 Å². The molecule has 3 rings (SSSR count). The van der Waals surface area contributed by atoms with Crippen LogP contribution >= 0.6 is 0 Å². The maximum Gasteiger partial charge on any atom is 0.229 e. The average molecular weight is 329 g/mol. The van der Waals surface area contributed by atoms with Crippen LogP contribution in [0.2, 0.25) is 0 Å². The Morgan fingerprint density at radius 3 is 2.20 bits per heavy atom. The second-order valence-corrected chi connectivity index (χ2v) is 5.92. The molecule has 0 aliphatic rings. The molecule has 1 aromatic heterocycles. The first-order chi connectivity index (χ1) is 12.0. The zero-order valence-corrected chi connectivity index (χ0v) is 14.5. The molecule has 3 aromatic rings. The summed E-state index contributed by atoms with van der Waals surface area (Å²) in [4.78, 5) is 8.98. The van der Waals surface area contributed by atoms with E-state index in [1.165, 1.54) is 0 Å². The normalized spacial score (nSPS) is 10.2. The fraction of sp³-hybridized carbons (Fsp3) is 0.150. The number of para-hydroxylation sites is 1. The summed E-state index contributed by atoms with van der Waals surface area (Å²) in [6.07, 6.45) is 0. The third-order valence-corrected chi connectivity index (χ3v) is 3.86. The van der Waals surface area contributed by atoms with E-state index in [-0.39, 0.29) is 0 Å². The molecule has 5 nitrogen and oxygen atoms in total. The van der Waals surface area contributed by atoms with Gasteiger partial charge in [-0.05, 0) is 56.2 Å². The first-order valence-electron chi connectivity index (χ1n) is 8.01. The number of nitriles is 1. The van der Waals surface area contributed by atoms with E-state index in [4.69, 9.17) is 5.26 Å². The summed E-state index contributed by atoms with van der Waals surface area (Å²) in [5.74, 6) is 1.25. The number of anilines is 4. The van der Waals surface area contributed by atoms with Crippen molar-refractivity contribution in [3.05, 3.63) is 70.9 Å². The number of rotatable bonds is 4. The van der Waals surface area contributed by atoms with E-state index in [1.807, 2.05) is 31.2 Å². The summed E-state index contributed by atoms with van der Waals surface area (Å²) in [6.45, 7) is 6.07. The van der Waals surface area contributed by atoms with Crippen molar-refractivity contribution in [1.82, 2.24) is 9.97 Å². The first-order valence-corrected chi connectivity index (χ1v) is 8.01. The van der Waals surface area contributed by atoms with Gasteiger partial charge in [0.05, 0.1) is 11.6 Å². The Balaban J connectivity index is 1.86. The van der Waals surface area contributed by atoms with Gasteiger partial charge in [-0.25, -0.2) is 4.98 Å². The van der Waals surface area contributed by atoms with Crippen molar-refractivity contribution in [3.8, 4) is 6.07 Å². The molecule has 0 aliphatic carbocycles. The Kier molecular flexibility index (Phi) is 4.62. The van der Waals surface area contributed by atoms with Gasteiger partial charge in [0.15, 0.2) is 0 Å². The van der Waals surface area contributed by atoms with E-state index < -0.39 is 0 Å². The van der Waals surface area contributed by atoms with Crippen LogP contribution < -0.4 is 10.6 Å². The minimum Gasteiger partial charge on any atom is -0.340 e. The highest BCUT2D eigenvalue weighted by atomic mass is 15.1. The van der Waals surface area contributed by atoms with Gasteiger partial charge in [0.25, 0.3) is 0 Å². The van der Waals surface area contributed by atoms with Gasteiger partial charge in [0, 0.05) is 23.1 Å². The smallest absolute Gasteiger partial charge is 0.229 e. The SMILES string of the molecule is Cc1cc(Nc2c(C)cccc2C)nc(Nc2ccc(C#N)cc2)n1. The standard InChI is InChI=1S/C20H19N5/c1-13-5-4-6-14(2)19(13)24-18-11-15(3)22-20(25-18)23-17-9-7-16(12-21)8-10-17/h4-11H,1-3H3,(H2,22,23,24,25). The molecule has 2 aromatic carbocycles. The molecule has 0 fully saturated rings. The predicted molar refractivity (Wildman–Crippen MR) is 100 cm³/mol. The lowest BCUT2D eigenvalue weighted by Crippen LogP contribution is -2.04. The van der Waals surface area contributed by atoms with E-state index in [9.17, 15) is 0 Å². The van der Waals surface area contributed by atoms with Gasteiger partial charge in [-0.3, -0.25) is 0 Å². The summed E-state index contributed by atoms with van der Waals surface area (Å²) >= 11 is 0. The van der Waals surface area contributed by atoms with Gasteiger partial charge in [-0.15, -0.1) is 0 Å². The Morgan fingerprint density at radius 2 is 1.56 bits per heavy atom. The fourth-order valence-corrected chi connectivity index (χ4v) is 2.59. The van der Waals surface area contributed by atoms with Crippen LogP contribution in [0.3, 0.4) is 0 Å². The number of nitrogens with zero attached hydrogens (tertiary/aromatic N) is 3. The molecule has 2 N–H and O–H groups in total. The molecule has 0 saturated heterocycles. The molecule has 0 spiro atoms. The van der Waals surface area contributed by atoms with E-state index in [2.05, 4.69) is 52.7 Å². The zero-order valence-electron chi connectivity index (χ0n) is 14.5. The Morgan fingerprint density at radius 1 is 0.880 bits per heavy atom. The van der Waals surface area contributed by atoms with Crippen molar-refractivity contribution >= 4 is 23.1 Å². The number of aryl methyl sites for hydroxylation is 3. The molecule has 1 heterocycles. The largest absolute Gasteiger partial charge is 0.340 e. The zero-order chi connectivity index (χ0) is 17.8. The van der Waals surface area contributed by atoms with Gasteiger partial charge < -0.3 is 10.6 Å². The van der Waals surface area contributed by atoms with Gasteiger partial charge >= 0.3 is 0 Å². The Hall–Kier alpha value is -3.39. The molecule has 0 amide bonds. The van der Waals surface area contributed by atoms with Crippen LogP contribution in [0.25, 0.3) is 0 Å². The number of hydrogen-bond acceptors (Lipinski definition) is 5. The summed E-state index contributed by atoms with van der Waals surface area (Å²) in [7, 11) is 0. The lowest BCUT2D eigenvalue weighted by atomic mass is 10.1. The monoisotopic (exact) mass is 329 g/mol. The molecule has 5 heteroatoms.